The summed E-state index contributed by atoms with van der Waals surface area (Å²) in [5, 5.41) is 0. The first-order valence-corrected chi connectivity index (χ1v) is 5.81. The van der Waals surface area contributed by atoms with Gasteiger partial charge in [0.2, 0.25) is 5.91 Å². The minimum Gasteiger partial charge on any atom is -0.493 e. The minimum atomic E-state index is -0.170. The van der Waals surface area contributed by atoms with Crippen LogP contribution in [0.25, 0.3) is 0 Å². The topological polar surface area (TPSA) is 64.3 Å². The Labute approximate surface area is 103 Å². The maximum Gasteiger partial charge on any atom is 0.234 e. The molecular weight excluding hydrogens is 272 g/mol. The maximum absolute atomic E-state index is 10.8. The van der Waals surface area contributed by atoms with Gasteiger partial charge in [-0.2, -0.15) is 0 Å². The van der Waals surface area contributed by atoms with Gasteiger partial charge in [-0.1, -0.05) is 15.9 Å². The fourth-order valence-corrected chi connectivity index (χ4v) is 1.74. The predicted molar refractivity (Wildman–Crippen MR) is 65.9 cm³/mol. The van der Waals surface area contributed by atoms with E-state index < -0.39 is 0 Å². The Balaban J connectivity index is 2.35. The third kappa shape index (κ3) is 4.20. The number of amides is 1. The number of halogens is 1. The van der Waals surface area contributed by atoms with E-state index in [1.54, 1.807) is 0 Å². The molecule has 0 fully saturated rings. The Hall–Kier alpha value is -1.07. The van der Waals surface area contributed by atoms with Crippen LogP contribution in [0.3, 0.4) is 0 Å². The zero-order chi connectivity index (χ0) is 12.0. The normalized spacial score (nSPS) is 9.94. The Bertz CT molecular complexity index is 369. The highest BCUT2D eigenvalue weighted by Crippen LogP contribution is 2.22. The van der Waals surface area contributed by atoms with Crippen LogP contribution < -0.4 is 16.0 Å². The molecule has 1 rings (SSSR count). The summed E-state index contributed by atoms with van der Waals surface area (Å²) in [5.74, 6) is 5.63. The van der Waals surface area contributed by atoms with Gasteiger partial charge in [0.1, 0.15) is 5.75 Å². The molecule has 88 valence electrons. The van der Waals surface area contributed by atoms with Crippen LogP contribution in [0, 0.1) is 6.92 Å². The molecule has 3 N–H and O–H groups in total. The molecule has 0 aliphatic heterocycles. The largest absolute Gasteiger partial charge is 0.493 e. The predicted octanol–water partition coefficient (Wildman–Crippen LogP) is 1.91. The molecule has 0 aliphatic rings. The van der Waals surface area contributed by atoms with Crippen molar-refractivity contribution in [2.75, 3.05) is 6.61 Å². The lowest BCUT2D eigenvalue weighted by Gasteiger charge is -2.08. The molecule has 0 saturated carbocycles. The lowest BCUT2D eigenvalue weighted by atomic mass is 10.2. The van der Waals surface area contributed by atoms with E-state index in [2.05, 4.69) is 21.4 Å². The van der Waals surface area contributed by atoms with Crippen LogP contribution in [0.4, 0.5) is 0 Å². The minimum absolute atomic E-state index is 0.170. The number of rotatable bonds is 5. The summed E-state index contributed by atoms with van der Waals surface area (Å²) in [4.78, 5) is 10.8. The zero-order valence-electron chi connectivity index (χ0n) is 9.13. The average molecular weight is 287 g/mol. The SMILES string of the molecule is Cc1cc(Br)ccc1OCCCC(=O)NN. The highest BCUT2D eigenvalue weighted by atomic mass is 79.9. The van der Waals surface area contributed by atoms with E-state index in [1.165, 1.54) is 0 Å². The number of aryl methyl sites for hydroxylation is 1. The summed E-state index contributed by atoms with van der Waals surface area (Å²) in [6.45, 7) is 2.49. The van der Waals surface area contributed by atoms with Crippen molar-refractivity contribution < 1.29 is 9.53 Å². The van der Waals surface area contributed by atoms with E-state index in [0.29, 0.717) is 19.4 Å². The molecule has 0 atom stereocenters. The number of nitrogens with two attached hydrogens (primary N) is 1. The van der Waals surface area contributed by atoms with Crippen molar-refractivity contribution in [1.82, 2.24) is 5.43 Å². The lowest BCUT2D eigenvalue weighted by Crippen LogP contribution is -2.29. The number of carbonyl (C=O) groups is 1. The maximum atomic E-state index is 10.8. The molecule has 1 aromatic rings. The summed E-state index contributed by atoms with van der Waals surface area (Å²) in [5.41, 5.74) is 3.15. The Kier molecular flexibility index (Phi) is 5.28. The molecule has 1 aromatic carbocycles. The van der Waals surface area contributed by atoms with Crippen molar-refractivity contribution in [3.05, 3.63) is 28.2 Å². The van der Waals surface area contributed by atoms with E-state index in [1.807, 2.05) is 25.1 Å². The van der Waals surface area contributed by atoms with Crippen LogP contribution in [0.2, 0.25) is 0 Å². The molecule has 0 heterocycles. The Morgan fingerprint density at radius 2 is 2.31 bits per heavy atom. The molecule has 0 radical (unpaired) electrons. The van der Waals surface area contributed by atoms with Crippen LogP contribution in [0.1, 0.15) is 18.4 Å². The second kappa shape index (κ2) is 6.50. The molecule has 5 heteroatoms. The molecule has 0 spiro atoms. The van der Waals surface area contributed by atoms with Crippen LogP contribution in [0.5, 0.6) is 5.75 Å². The molecule has 16 heavy (non-hydrogen) atoms. The molecule has 1 amide bonds. The van der Waals surface area contributed by atoms with E-state index in [-0.39, 0.29) is 5.91 Å². The van der Waals surface area contributed by atoms with Crippen molar-refractivity contribution in [3.8, 4) is 5.75 Å². The van der Waals surface area contributed by atoms with Crippen molar-refractivity contribution in [2.45, 2.75) is 19.8 Å². The summed E-state index contributed by atoms with van der Waals surface area (Å²) in [7, 11) is 0. The first-order chi connectivity index (χ1) is 7.63. The number of hydrogen-bond donors (Lipinski definition) is 2. The fourth-order valence-electron chi connectivity index (χ4n) is 1.26. The van der Waals surface area contributed by atoms with Crippen molar-refractivity contribution in [2.24, 2.45) is 5.84 Å². The van der Waals surface area contributed by atoms with Crippen LogP contribution in [0.15, 0.2) is 22.7 Å². The number of hydrazine groups is 1. The van der Waals surface area contributed by atoms with Gasteiger partial charge in [0.05, 0.1) is 6.61 Å². The first kappa shape index (κ1) is 13.0. The molecule has 4 nitrogen and oxygen atoms in total. The zero-order valence-corrected chi connectivity index (χ0v) is 10.7. The van der Waals surface area contributed by atoms with Gasteiger partial charge in [0.25, 0.3) is 0 Å². The molecule has 0 saturated heterocycles. The van der Waals surface area contributed by atoms with E-state index >= 15 is 0 Å². The average Bonchev–Trinajstić information content (AvgIpc) is 2.26. The smallest absolute Gasteiger partial charge is 0.234 e. The van der Waals surface area contributed by atoms with Gasteiger partial charge in [0, 0.05) is 10.9 Å². The number of nitrogens with one attached hydrogen (secondary N) is 1. The van der Waals surface area contributed by atoms with Gasteiger partial charge in [-0.15, -0.1) is 0 Å². The van der Waals surface area contributed by atoms with Crippen LogP contribution in [-0.4, -0.2) is 12.5 Å². The van der Waals surface area contributed by atoms with Gasteiger partial charge >= 0.3 is 0 Å². The molecule has 0 unspecified atom stereocenters. The number of ether oxygens (including phenoxy) is 1. The molecule has 0 bridgehead atoms. The van der Waals surface area contributed by atoms with E-state index in [4.69, 9.17) is 10.6 Å². The third-order valence-electron chi connectivity index (χ3n) is 2.10. The molecule has 0 aromatic heterocycles. The summed E-state index contributed by atoms with van der Waals surface area (Å²) in [6.07, 6.45) is 1.03. The van der Waals surface area contributed by atoms with Crippen LogP contribution >= 0.6 is 15.9 Å². The van der Waals surface area contributed by atoms with Gasteiger partial charge < -0.3 is 4.74 Å². The van der Waals surface area contributed by atoms with Gasteiger partial charge in [-0.3, -0.25) is 10.2 Å². The highest BCUT2D eigenvalue weighted by Gasteiger charge is 2.01. The summed E-state index contributed by atoms with van der Waals surface area (Å²) in [6, 6.07) is 5.82. The van der Waals surface area contributed by atoms with E-state index in [0.717, 1.165) is 15.8 Å². The van der Waals surface area contributed by atoms with Crippen molar-refractivity contribution in [3.63, 3.8) is 0 Å². The second-order valence-electron chi connectivity index (χ2n) is 3.43. The number of hydrogen-bond acceptors (Lipinski definition) is 3. The lowest BCUT2D eigenvalue weighted by molar-refractivity contribution is -0.121. The summed E-state index contributed by atoms with van der Waals surface area (Å²) < 4.78 is 6.57. The standard InChI is InChI=1S/C11H15BrN2O2/c1-8-7-9(12)4-5-10(8)16-6-2-3-11(15)14-13/h4-5,7H,2-3,6,13H2,1H3,(H,14,15). The number of benzene rings is 1. The molecular formula is C11H15BrN2O2. The van der Waals surface area contributed by atoms with Crippen LogP contribution in [-0.2, 0) is 4.79 Å². The first-order valence-electron chi connectivity index (χ1n) is 5.02. The van der Waals surface area contributed by atoms with Gasteiger partial charge in [-0.25, -0.2) is 5.84 Å². The monoisotopic (exact) mass is 286 g/mol. The van der Waals surface area contributed by atoms with Crippen molar-refractivity contribution in [1.29, 1.82) is 0 Å². The third-order valence-corrected chi connectivity index (χ3v) is 2.60. The van der Waals surface area contributed by atoms with Gasteiger partial charge in [0.15, 0.2) is 0 Å². The quantitative estimate of drug-likeness (QED) is 0.376. The Morgan fingerprint density at radius 1 is 1.56 bits per heavy atom. The number of carbonyl (C=O) groups excluding carboxylic acids is 1. The second-order valence-corrected chi connectivity index (χ2v) is 4.35. The summed E-state index contributed by atoms with van der Waals surface area (Å²) >= 11 is 3.38. The van der Waals surface area contributed by atoms with Crippen molar-refractivity contribution >= 4 is 21.8 Å². The highest BCUT2D eigenvalue weighted by molar-refractivity contribution is 9.10. The molecule has 0 aliphatic carbocycles. The van der Waals surface area contributed by atoms with Gasteiger partial charge in [-0.05, 0) is 37.1 Å². The fraction of sp³-hybridized carbons (Fsp3) is 0.364. The Morgan fingerprint density at radius 3 is 2.94 bits per heavy atom. The van der Waals surface area contributed by atoms with E-state index in [9.17, 15) is 4.79 Å².